The first-order valence-electron chi connectivity index (χ1n) is 7.16. The normalized spacial score (nSPS) is 18.6. The van der Waals surface area contributed by atoms with E-state index in [-0.39, 0.29) is 18.4 Å². The van der Waals surface area contributed by atoms with Gasteiger partial charge in [-0.3, -0.25) is 14.5 Å². The molecule has 21 heavy (non-hydrogen) atoms. The largest absolute Gasteiger partial charge is 0.486 e. The highest BCUT2D eigenvalue weighted by molar-refractivity contribution is 5.96. The zero-order valence-corrected chi connectivity index (χ0v) is 11.8. The van der Waals surface area contributed by atoms with Crippen molar-refractivity contribution in [2.45, 2.75) is 32.2 Å². The Balaban J connectivity index is 1.86. The number of likely N-dealkylation sites (tertiary alicyclic amines) is 1. The molecule has 0 spiro atoms. The van der Waals surface area contributed by atoms with Gasteiger partial charge in [0.25, 0.3) is 0 Å². The number of hydrogen-bond acceptors (Lipinski definition) is 5. The molecule has 0 radical (unpaired) electrons. The number of nitrogen functional groups attached to an aromatic ring is 1. The number of amides is 2. The van der Waals surface area contributed by atoms with Crippen LogP contribution in [0.4, 0.5) is 5.69 Å². The molecule has 0 aromatic heterocycles. The van der Waals surface area contributed by atoms with Gasteiger partial charge in [0.1, 0.15) is 13.2 Å². The quantitative estimate of drug-likeness (QED) is 0.659. The van der Waals surface area contributed by atoms with Crippen LogP contribution in [0.15, 0.2) is 12.1 Å². The monoisotopic (exact) mass is 290 g/mol. The molecule has 0 atom stereocenters. The molecule has 6 nitrogen and oxygen atoms in total. The van der Waals surface area contributed by atoms with Crippen LogP contribution in [0, 0.1) is 0 Å². The van der Waals surface area contributed by atoms with Crippen molar-refractivity contribution in [3.05, 3.63) is 17.7 Å². The first kappa shape index (κ1) is 13.7. The van der Waals surface area contributed by atoms with Crippen molar-refractivity contribution in [3.63, 3.8) is 0 Å². The van der Waals surface area contributed by atoms with Gasteiger partial charge >= 0.3 is 0 Å². The number of hydrogen-bond donors (Lipinski definition) is 1. The lowest BCUT2D eigenvalue weighted by molar-refractivity contribution is -0.144. The molecule has 0 saturated carbocycles. The minimum atomic E-state index is -0.133. The smallest absolute Gasteiger partial charge is 0.229 e. The molecule has 2 heterocycles. The van der Waals surface area contributed by atoms with Gasteiger partial charge in [-0.05, 0) is 24.5 Å². The number of anilines is 1. The van der Waals surface area contributed by atoms with Gasteiger partial charge in [-0.25, -0.2) is 0 Å². The van der Waals surface area contributed by atoms with Gasteiger partial charge in [0.2, 0.25) is 11.8 Å². The molecule has 0 unspecified atom stereocenters. The molecular formula is C15H18N2O4. The standard InChI is InChI=1S/C15H18N2O4/c16-11-8-13-12(20-5-6-21-13)7-10(11)9-17-14(18)3-1-2-4-15(17)19/h7-8H,1-6,9,16H2. The van der Waals surface area contributed by atoms with Crippen LogP contribution in [-0.2, 0) is 16.1 Å². The molecule has 0 aliphatic carbocycles. The molecule has 3 rings (SSSR count). The molecule has 6 heteroatoms. The molecule has 1 saturated heterocycles. The number of fused-ring (bicyclic) bond motifs is 1. The van der Waals surface area contributed by atoms with Crippen LogP contribution >= 0.6 is 0 Å². The molecule has 112 valence electrons. The molecule has 1 fully saturated rings. The number of nitrogens with zero attached hydrogens (tertiary/aromatic N) is 1. The van der Waals surface area contributed by atoms with Gasteiger partial charge < -0.3 is 15.2 Å². The fourth-order valence-corrected chi connectivity index (χ4v) is 2.59. The lowest BCUT2D eigenvalue weighted by Crippen LogP contribution is -2.34. The van der Waals surface area contributed by atoms with E-state index in [0.29, 0.717) is 48.8 Å². The van der Waals surface area contributed by atoms with Crippen molar-refractivity contribution in [1.82, 2.24) is 4.90 Å². The molecular weight excluding hydrogens is 272 g/mol. The predicted molar refractivity (Wildman–Crippen MR) is 75.9 cm³/mol. The van der Waals surface area contributed by atoms with Gasteiger partial charge in [-0.2, -0.15) is 0 Å². The highest BCUT2D eigenvalue weighted by Gasteiger charge is 2.25. The maximum absolute atomic E-state index is 12.0. The summed E-state index contributed by atoms with van der Waals surface area (Å²) >= 11 is 0. The average molecular weight is 290 g/mol. The SMILES string of the molecule is Nc1cc2c(cc1CN1C(=O)CCCCC1=O)OCCO2. The summed E-state index contributed by atoms with van der Waals surface area (Å²) in [5.41, 5.74) is 7.22. The summed E-state index contributed by atoms with van der Waals surface area (Å²) in [5, 5.41) is 0. The summed E-state index contributed by atoms with van der Waals surface area (Å²) in [6, 6.07) is 3.45. The number of carbonyl (C=O) groups excluding carboxylic acids is 2. The molecule has 2 amide bonds. The lowest BCUT2D eigenvalue weighted by atomic mass is 10.1. The van der Waals surface area contributed by atoms with E-state index in [1.807, 2.05) is 0 Å². The molecule has 2 N–H and O–H groups in total. The minimum absolute atomic E-state index is 0.133. The van der Waals surface area contributed by atoms with Crippen molar-refractivity contribution in [3.8, 4) is 11.5 Å². The second kappa shape index (κ2) is 5.63. The highest BCUT2D eigenvalue weighted by atomic mass is 16.6. The van der Waals surface area contributed by atoms with E-state index in [1.165, 1.54) is 4.90 Å². The van der Waals surface area contributed by atoms with Crippen molar-refractivity contribution in [2.24, 2.45) is 0 Å². The number of carbonyl (C=O) groups is 2. The Kier molecular flexibility index (Phi) is 3.68. The Morgan fingerprint density at radius 1 is 1.00 bits per heavy atom. The third kappa shape index (κ3) is 2.79. The van der Waals surface area contributed by atoms with Gasteiger partial charge in [-0.15, -0.1) is 0 Å². The second-order valence-corrected chi connectivity index (χ2v) is 5.28. The Bertz CT molecular complexity index is 567. The summed E-state index contributed by atoms with van der Waals surface area (Å²) in [4.78, 5) is 25.4. The van der Waals surface area contributed by atoms with Crippen LogP contribution in [0.1, 0.15) is 31.2 Å². The van der Waals surface area contributed by atoms with Crippen molar-refractivity contribution >= 4 is 17.5 Å². The number of rotatable bonds is 2. The van der Waals surface area contributed by atoms with Crippen LogP contribution in [0.25, 0.3) is 0 Å². The van der Waals surface area contributed by atoms with E-state index in [2.05, 4.69) is 0 Å². The first-order valence-corrected chi connectivity index (χ1v) is 7.16. The van der Waals surface area contributed by atoms with Crippen LogP contribution in [0.5, 0.6) is 11.5 Å². The summed E-state index contributed by atoms with van der Waals surface area (Å²) in [7, 11) is 0. The Labute approximate surface area is 122 Å². The number of imide groups is 1. The predicted octanol–water partition coefficient (Wildman–Crippen LogP) is 1.47. The third-order valence-electron chi connectivity index (χ3n) is 3.77. The van der Waals surface area contributed by atoms with Gasteiger partial charge in [0.15, 0.2) is 11.5 Å². The Morgan fingerprint density at radius 2 is 1.57 bits per heavy atom. The molecule has 2 aliphatic heterocycles. The minimum Gasteiger partial charge on any atom is -0.486 e. The van der Waals surface area contributed by atoms with E-state index in [4.69, 9.17) is 15.2 Å². The summed E-state index contributed by atoms with van der Waals surface area (Å²) in [6.07, 6.45) is 2.35. The van der Waals surface area contributed by atoms with Gasteiger partial charge in [0, 0.05) is 24.6 Å². The number of ether oxygens (including phenoxy) is 2. The van der Waals surface area contributed by atoms with Gasteiger partial charge in [0.05, 0.1) is 6.54 Å². The van der Waals surface area contributed by atoms with E-state index >= 15 is 0 Å². The zero-order chi connectivity index (χ0) is 14.8. The third-order valence-corrected chi connectivity index (χ3v) is 3.77. The van der Waals surface area contributed by atoms with Crippen molar-refractivity contribution in [2.75, 3.05) is 18.9 Å². The Hall–Kier alpha value is -2.24. The van der Waals surface area contributed by atoms with Crippen molar-refractivity contribution < 1.29 is 19.1 Å². The molecule has 2 aliphatic rings. The summed E-state index contributed by atoms with van der Waals surface area (Å²) in [5.74, 6) is 0.953. The van der Waals surface area contributed by atoms with E-state index in [1.54, 1.807) is 12.1 Å². The van der Waals surface area contributed by atoms with E-state index < -0.39 is 0 Å². The maximum atomic E-state index is 12.0. The van der Waals surface area contributed by atoms with Crippen LogP contribution in [-0.4, -0.2) is 29.9 Å². The fourth-order valence-electron chi connectivity index (χ4n) is 2.59. The highest BCUT2D eigenvalue weighted by Crippen LogP contribution is 2.35. The second-order valence-electron chi connectivity index (χ2n) is 5.28. The number of benzene rings is 1. The van der Waals surface area contributed by atoms with Gasteiger partial charge in [-0.1, -0.05) is 0 Å². The van der Waals surface area contributed by atoms with Crippen LogP contribution in [0.2, 0.25) is 0 Å². The maximum Gasteiger partial charge on any atom is 0.229 e. The topological polar surface area (TPSA) is 81.9 Å². The zero-order valence-electron chi connectivity index (χ0n) is 11.8. The fraction of sp³-hybridized carbons (Fsp3) is 0.467. The van der Waals surface area contributed by atoms with Crippen molar-refractivity contribution in [1.29, 1.82) is 0 Å². The average Bonchev–Trinajstić information content (AvgIpc) is 2.63. The van der Waals surface area contributed by atoms with Crippen LogP contribution < -0.4 is 15.2 Å². The summed E-state index contributed by atoms with van der Waals surface area (Å²) in [6.45, 7) is 1.17. The van der Waals surface area contributed by atoms with E-state index in [9.17, 15) is 9.59 Å². The van der Waals surface area contributed by atoms with E-state index in [0.717, 1.165) is 12.8 Å². The molecule has 1 aromatic carbocycles. The van der Waals surface area contributed by atoms with Crippen LogP contribution in [0.3, 0.4) is 0 Å². The summed E-state index contributed by atoms with van der Waals surface area (Å²) < 4.78 is 11.0. The number of nitrogens with two attached hydrogens (primary N) is 1. The lowest BCUT2D eigenvalue weighted by Gasteiger charge is -2.23. The Morgan fingerprint density at radius 3 is 2.19 bits per heavy atom. The molecule has 1 aromatic rings. The molecule has 0 bridgehead atoms. The first-order chi connectivity index (χ1) is 10.1.